The van der Waals surface area contributed by atoms with Crippen molar-refractivity contribution in [3.05, 3.63) is 90.6 Å². The molecule has 0 spiro atoms. The van der Waals surface area contributed by atoms with Gasteiger partial charge >= 0.3 is 0 Å². The van der Waals surface area contributed by atoms with Gasteiger partial charge in [0.15, 0.2) is 0 Å². The molecule has 0 amide bonds. The van der Waals surface area contributed by atoms with Crippen LogP contribution in [0.5, 0.6) is 11.5 Å². The van der Waals surface area contributed by atoms with Crippen LogP contribution in [0.3, 0.4) is 0 Å². The molecule has 3 heteroatoms. The molecule has 0 saturated carbocycles. The summed E-state index contributed by atoms with van der Waals surface area (Å²) >= 11 is 0. The van der Waals surface area contributed by atoms with Crippen molar-refractivity contribution in [2.45, 2.75) is 13.0 Å². The van der Waals surface area contributed by atoms with Gasteiger partial charge < -0.3 is 4.74 Å². The maximum Gasteiger partial charge on any atom is 0.136 e. The Kier molecular flexibility index (Phi) is 3.56. The van der Waals surface area contributed by atoms with Crippen LogP contribution in [0.2, 0.25) is 0 Å². The Morgan fingerprint density at radius 2 is 1.35 bits per heavy atom. The topological polar surface area (TPSA) is 27.1 Å². The van der Waals surface area contributed by atoms with E-state index in [9.17, 15) is 0 Å². The minimum Gasteiger partial charge on any atom is -0.456 e. The third-order valence-electron chi connectivity index (χ3n) is 4.77. The molecule has 3 nitrogen and oxygen atoms in total. The number of hydrogen-bond acceptors (Lipinski definition) is 2. The van der Waals surface area contributed by atoms with Gasteiger partial charge in [-0.1, -0.05) is 60.7 Å². The number of aryl methyl sites for hydroxylation is 2. The van der Waals surface area contributed by atoms with Crippen molar-refractivity contribution in [1.82, 2.24) is 9.78 Å². The van der Waals surface area contributed by atoms with Crippen molar-refractivity contribution < 1.29 is 4.74 Å². The number of fused-ring (bicyclic) bond motifs is 5. The van der Waals surface area contributed by atoms with E-state index in [1.807, 2.05) is 42.5 Å². The Morgan fingerprint density at radius 1 is 0.692 bits per heavy atom. The van der Waals surface area contributed by atoms with E-state index >= 15 is 0 Å². The lowest BCUT2D eigenvalue weighted by atomic mass is 10.0. The molecule has 3 aromatic carbocycles. The molecule has 0 atom stereocenters. The molecule has 1 aliphatic heterocycles. The third kappa shape index (κ3) is 2.58. The highest BCUT2D eigenvalue weighted by atomic mass is 16.5. The van der Waals surface area contributed by atoms with Crippen LogP contribution in [-0.2, 0) is 13.0 Å². The molecule has 1 aromatic heterocycles. The zero-order valence-corrected chi connectivity index (χ0v) is 14.3. The van der Waals surface area contributed by atoms with Crippen LogP contribution in [0.1, 0.15) is 5.56 Å². The monoisotopic (exact) mass is 338 g/mol. The normalized spacial score (nSPS) is 11.7. The molecular weight excluding hydrogens is 320 g/mol. The van der Waals surface area contributed by atoms with E-state index in [0.29, 0.717) is 0 Å². The number of nitrogens with zero attached hydrogens (tertiary/aromatic N) is 2. The Hall–Kier alpha value is -3.33. The molecule has 0 radical (unpaired) electrons. The standard InChI is InChI=1S/C23H18N2O/c1-2-8-17(9-3-1)14-15-25-16-20-18-10-4-6-12-21(18)26-22-13-7-5-11-19(22)23(20)24-25/h1-13,16H,14-15H2. The maximum absolute atomic E-state index is 6.16. The maximum atomic E-state index is 6.16. The number of rotatable bonds is 3. The van der Waals surface area contributed by atoms with Gasteiger partial charge in [-0.15, -0.1) is 0 Å². The molecule has 0 bridgehead atoms. The number of ether oxygens (including phenoxy) is 1. The Balaban J connectivity index is 1.59. The first-order valence-electron chi connectivity index (χ1n) is 8.86. The highest BCUT2D eigenvalue weighted by Crippen LogP contribution is 2.45. The van der Waals surface area contributed by atoms with Gasteiger partial charge in [0.1, 0.15) is 17.2 Å². The van der Waals surface area contributed by atoms with Crippen LogP contribution in [-0.4, -0.2) is 9.78 Å². The summed E-state index contributed by atoms with van der Waals surface area (Å²) in [5, 5.41) is 4.90. The zero-order valence-electron chi connectivity index (χ0n) is 14.3. The first-order chi connectivity index (χ1) is 12.9. The third-order valence-corrected chi connectivity index (χ3v) is 4.77. The predicted octanol–water partition coefficient (Wildman–Crippen LogP) is 5.57. The van der Waals surface area contributed by atoms with Gasteiger partial charge in [0.25, 0.3) is 0 Å². The molecule has 0 saturated heterocycles. The average molecular weight is 338 g/mol. The largest absolute Gasteiger partial charge is 0.456 e. The van der Waals surface area contributed by atoms with E-state index < -0.39 is 0 Å². The van der Waals surface area contributed by atoms with Crippen LogP contribution in [0.25, 0.3) is 22.4 Å². The molecule has 126 valence electrons. The number of benzene rings is 3. The summed E-state index contributed by atoms with van der Waals surface area (Å²) in [6.45, 7) is 0.849. The number of aromatic nitrogens is 2. The second-order valence-corrected chi connectivity index (χ2v) is 6.48. The van der Waals surface area contributed by atoms with E-state index in [2.05, 4.69) is 47.3 Å². The summed E-state index contributed by atoms with van der Waals surface area (Å²) in [5.74, 6) is 1.73. The molecule has 2 heterocycles. The molecule has 4 aromatic rings. The molecule has 0 N–H and O–H groups in total. The first kappa shape index (κ1) is 15.0. The van der Waals surface area contributed by atoms with Crippen LogP contribution >= 0.6 is 0 Å². The Labute approximate surface area is 152 Å². The fourth-order valence-electron chi connectivity index (χ4n) is 3.47. The van der Waals surface area contributed by atoms with Gasteiger partial charge in [0.05, 0.1) is 0 Å². The lowest BCUT2D eigenvalue weighted by Gasteiger charge is -2.08. The van der Waals surface area contributed by atoms with Crippen LogP contribution in [0, 0.1) is 0 Å². The molecule has 0 unspecified atom stereocenters. The van der Waals surface area contributed by atoms with Crippen molar-refractivity contribution in [1.29, 1.82) is 0 Å². The minimum atomic E-state index is 0.849. The Morgan fingerprint density at radius 3 is 2.15 bits per heavy atom. The van der Waals surface area contributed by atoms with Crippen molar-refractivity contribution in [3.63, 3.8) is 0 Å². The first-order valence-corrected chi connectivity index (χ1v) is 8.86. The highest BCUT2D eigenvalue weighted by Gasteiger charge is 2.23. The van der Waals surface area contributed by atoms with Crippen LogP contribution in [0.4, 0.5) is 0 Å². The molecule has 0 aliphatic carbocycles. The molecule has 0 fully saturated rings. The van der Waals surface area contributed by atoms with Gasteiger partial charge in [0, 0.05) is 29.4 Å². The van der Waals surface area contributed by atoms with Gasteiger partial charge in [-0.05, 0) is 30.2 Å². The fraction of sp³-hybridized carbons (Fsp3) is 0.0870. The number of hydrogen-bond donors (Lipinski definition) is 0. The van der Waals surface area contributed by atoms with Gasteiger partial charge in [-0.2, -0.15) is 5.10 Å². The smallest absolute Gasteiger partial charge is 0.136 e. The van der Waals surface area contributed by atoms with Crippen LogP contribution < -0.4 is 4.74 Å². The summed E-state index contributed by atoms with van der Waals surface area (Å²) in [7, 11) is 0. The second-order valence-electron chi connectivity index (χ2n) is 6.48. The van der Waals surface area contributed by atoms with Crippen molar-refractivity contribution in [2.24, 2.45) is 0 Å². The average Bonchev–Trinajstić information content (AvgIpc) is 3.07. The van der Waals surface area contributed by atoms with E-state index in [-0.39, 0.29) is 0 Å². The van der Waals surface area contributed by atoms with E-state index in [4.69, 9.17) is 9.84 Å². The molecular formula is C23H18N2O. The minimum absolute atomic E-state index is 0.849. The number of para-hydroxylation sites is 2. The molecule has 1 aliphatic rings. The molecule has 5 rings (SSSR count). The van der Waals surface area contributed by atoms with E-state index in [1.165, 1.54) is 5.56 Å². The second kappa shape index (κ2) is 6.19. The lowest BCUT2D eigenvalue weighted by Crippen LogP contribution is -2.02. The summed E-state index contributed by atoms with van der Waals surface area (Å²) in [5.41, 5.74) is 5.56. The summed E-state index contributed by atoms with van der Waals surface area (Å²) in [6, 6.07) is 26.8. The summed E-state index contributed by atoms with van der Waals surface area (Å²) in [4.78, 5) is 0. The summed E-state index contributed by atoms with van der Waals surface area (Å²) < 4.78 is 8.22. The van der Waals surface area contributed by atoms with Crippen molar-refractivity contribution in [3.8, 4) is 33.9 Å². The highest BCUT2D eigenvalue weighted by molar-refractivity contribution is 5.88. The van der Waals surface area contributed by atoms with Gasteiger partial charge in [-0.25, -0.2) is 0 Å². The SMILES string of the molecule is c1ccc(CCn2cc3c(n2)-c2ccccc2Oc2ccccc2-3)cc1. The molecule has 26 heavy (non-hydrogen) atoms. The van der Waals surface area contributed by atoms with Crippen molar-refractivity contribution in [2.75, 3.05) is 0 Å². The predicted molar refractivity (Wildman–Crippen MR) is 103 cm³/mol. The van der Waals surface area contributed by atoms with Crippen LogP contribution in [0.15, 0.2) is 85.1 Å². The van der Waals surface area contributed by atoms with E-state index in [1.54, 1.807) is 0 Å². The van der Waals surface area contributed by atoms with Gasteiger partial charge in [-0.3, -0.25) is 4.68 Å². The Bertz CT molecular complexity index is 1000. The zero-order chi connectivity index (χ0) is 17.3. The van der Waals surface area contributed by atoms with E-state index in [0.717, 1.165) is 46.8 Å². The van der Waals surface area contributed by atoms with Crippen molar-refractivity contribution >= 4 is 0 Å². The lowest BCUT2D eigenvalue weighted by molar-refractivity contribution is 0.487. The quantitative estimate of drug-likeness (QED) is 0.430. The summed E-state index contributed by atoms with van der Waals surface area (Å²) in [6.07, 6.45) is 3.10. The fourth-order valence-corrected chi connectivity index (χ4v) is 3.47. The van der Waals surface area contributed by atoms with Gasteiger partial charge in [0.2, 0.25) is 0 Å².